The summed E-state index contributed by atoms with van der Waals surface area (Å²) in [6, 6.07) is 4.71. The quantitative estimate of drug-likeness (QED) is 0.855. The van der Waals surface area contributed by atoms with E-state index >= 15 is 0 Å². The van der Waals surface area contributed by atoms with Gasteiger partial charge in [0.05, 0.1) is 4.47 Å². The van der Waals surface area contributed by atoms with Crippen LogP contribution >= 0.6 is 28.3 Å². The third-order valence-corrected chi connectivity index (χ3v) is 3.05. The first kappa shape index (κ1) is 18.4. The lowest BCUT2D eigenvalue weighted by Crippen LogP contribution is -2.37. The molecule has 0 aliphatic carbocycles. The second-order valence-electron chi connectivity index (χ2n) is 4.60. The summed E-state index contributed by atoms with van der Waals surface area (Å²) in [4.78, 5) is 11.5. The van der Waals surface area contributed by atoms with Crippen LogP contribution in [0.1, 0.15) is 25.8 Å². The standard InChI is InChI=1S/C13H18BrFN2O.ClH/c1-8(16)5-13(18)17-9(2)6-10-3-4-12(15)11(14)7-10;/h3-4,7-9H,5-6,16H2,1-2H3,(H,17,18);1H. The molecule has 0 spiro atoms. The molecule has 19 heavy (non-hydrogen) atoms. The Labute approximate surface area is 127 Å². The molecule has 2 unspecified atom stereocenters. The fourth-order valence-corrected chi connectivity index (χ4v) is 2.12. The molecule has 0 radical (unpaired) electrons. The van der Waals surface area contributed by atoms with Crippen LogP contribution in [0.5, 0.6) is 0 Å². The molecule has 0 aromatic heterocycles. The zero-order chi connectivity index (χ0) is 13.7. The Hall–Kier alpha value is -0.650. The first-order valence-electron chi connectivity index (χ1n) is 5.87. The van der Waals surface area contributed by atoms with Gasteiger partial charge in [0, 0.05) is 18.5 Å². The Morgan fingerprint density at radius 2 is 2.11 bits per heavy atom. The van der Waals surface area contributed by atoms with Crippen molar-refractivity contribution in [1.29, 1.82) is 0 Å². The molecule has 0 saturated heterocycles. The van der Waals surface area contributed by atoms with E-state index in [9.17, 15) is 9.18 Å². The number of amides is 1. The number of halogens is 3. The van der Waals surface area contributed by atoms with Gasteiger partial charge < -0.3 is 11.1 Å². The van der Waals surface area contributed by atoms with Gasteiger partial charge in [-0.25, -0.2) is 4.39 Å². The van der Waals surface area contributed by atoms with Gasteiger partial charge in [-0.2, -0.15) is 0 Å². The second kappa shape index (κ2) is 8.51. The zero-order valence-corrected chi connectivity index (χ0v) is 13.4. The van der Waals surface area contributed by atoms with Crippen molar-refractivity contribution >= 4 is 34.2 Å². The van der Waals surface area contributed by atoms with E-state index in [-0.39, 0.29) is 36.2 Å². The van der Waals surface area contributed by atoms with Crippen molar-refractivity contribution in [3.8, 4) is 0 Å². The van der Waals surface area contributed by atoms with Crippen molar-refractivity contribution in [1.82, 2.24) is 5.32 Å². The van der Waals surface area contributed by atoms with Crippen molar-refractivity contribution in [3.63, 3.8) is 0 Å². The maximum absolute atomic E-state index is 13.1. The molecule has 0 aliphatic heterocycles. The molecule has 6 heteroatoms. The summed E-state index contributed by atoms with van der Waals surface area (Å²) in [5.41, 5.74) is 6.52. The number of nitrogens with two attached hydrogens (primary N) is 1. The first-order chi connectivity index (χ1) is 8.38. The maximum atomic E-state index is 13.1. The first-order valence-corrected chi connectivity index (χ1v) is 6.66. The Morgan fingerprint density at radius 3 is 2.63 bits per heavy atom. The molecule has 0 fully saturated rings. The number of nitrogens with one attached hydrogen (secondary N) is 1. The molecule has 0 bridgehead atoms. The van der Waals surface area contributed by atoms with Crippen molar-refractivity contribution < 1.29 is 9.18 Å². The molecule has 0 heterocycles. The van der Waals surface area contributed by atoms with Crippen LogP contribution in [0.2, 0.25) is 0 Å². The molecule has 2 atom stereocenters. The molecular weight excluding hydrogens is 335 g/mol. The van der Waals surface area contributed by atoms with Gasteiger partial charge in [0.15, 0.2) is 0 Å². The summed E-state index contributed by atoms with van der Waals surface area (Å²) in [5, 5.41) is 2.87. The monoisotopic (exact) mass is 352 g/mol. The summed E-state index contributed by atoms with van der Waals surface area (Å²) < 4.78 is 13.5. The lowest BCUT2D eigenvalue weighted by molar-refractivity contribution is -0.121. The largest absolute Gasteiger partial charge is 0.353 e. The van der Waals surface area contributed by atoms with Crippen LogP contribution in [-0.4, -0.2) is 18.0 Å². The smallest absolute Gasteiger partial charge is 0.221 e. The van der Waals surface area contributed by atoms with Crippen molar-refractivity contribution in [3.05, 3.63) is 34.1 Å². The van der Waals surface area contributed by atoms with Gasteiger partial charge in [0.2, 0.25) is 5.91 Å². The van der Waals surface area contributed by atoms with E-state index < -0.39 is 0 Å². The summed E-state index contributed by atoms with van der Waals surface area (Å²) >= 11 is 3.14. The van der Waals surface area contributed by atoms with E-state index in [1.54, 1.807) is 19.1 Å². The number of benzene rings is 1. The molecule has 1 rings (SSSR count). The van der Waals surface area contributed by atoms with E-state index in [4.69, 9.17) is 5.73 Å². The highest BCUT2D eigenvalue weighted by atomic mass is 79.9. The summed E-state index contributed by atoms with van der Waals surface area (Å²) in [7, 11) is 0. The van der Waals surface area contributed by atoms with Gasteiger partial charge in [-0.05, 0) is 53.9 Å². The lowest BCUT2D eigenvalue weighted by atomic mass is 10.1. The van der Waals surface area contributed by atoms with Gasteiger partial charge in [0.25, 0.3) is 0 Å². The van der Waals surface area contributed by atoms with Crippen LogP contribution < -0.4 is 11.1 Å². The third kappa shape index (κ3) is 6.89. The van der Waals surface area contributed by atoms with E-state index in [0.29, 0.717) is 17.3 Å². The van der Waals surface area contributed by atoms with E-state index in [0.717, 1.165) is 5.56 Å². The predicted molar refractivity (Wildman–Crippen MR) is 80.9 cm³/mol. The van der Waals surface area contributed by atoms with Gasteiger partial charge >= 0.3 is 0 Å². The van der Waals surface area contributed by atoms with Crippen LogP contribution in [0, 0.1) is 5.82 Å². The lowest BCUT2D eigenvalue weighted by Gasteiger charge is -2.15. The fraction of sp³-hybridized carbons (Fsp3) is 0.462. The van der Waals surface area contributed by atoms with Gasteiger partial charge in [-0.1, -0.05) is 6.07 Å². The minimum absolute atomic E-state index is 0. The van der Waals surface area contributed by atoms with Crippen LogP contribution in [0.15, 0.2) is 22.7 Å². The molecule has 1 aromatic carbocycles. The summed E-state index contributed by atoms with van der Waals surface area (Å²) in [5.74, 6) is -0.342. The Balaban J connectivity index is 0.00000324. The third-order valence-electron chi connectivity index (χ3n) is 2.44. The SMILES string of the molecule is CC(N)CC(=O)NC(C)Cc1ccc(F)c(Br)c1.Cl. The highest BCUT2D eigenvalue weighted by Gasteiger charge is 2.10. The van der Waals surface area contributed by atoms with E-state index in [1.165, 1.54) is 6.07 Å². The van der Waals surface area contributed by atoms with Crippen molar-refractivity contribution in [2.75, 3.05) is 0 Å². The summed E-state index contributed by atoms with van der Waals surface area (Å²) in [6.07, 6.45) is 0.973. The van der Waals surface area contributed by atoms with E-state index in [1.807, 2.05) is 6.92 Å². The average Bonchev–Trinajstić information content (AvgIpc) is 2.21. The highest BCUT2D eigenvalue weighted by molar-refractivity contribution is 9.10. The molecular formula is C13H19BrClFN2O. The Kier molecular flexibility index (Phi) is 8.22. The van der Waals surface area contributed by atoms with Gasteiger partial charge in [0.1, 0.15) is 5.82 Å². The van der Waals surface area contributed by atoms with Crippen LogP contribution in [0.4, 0.5) is 4.39 Å². The number of hydrogen-bond donors (Lipinski definition) is 2. The Morgan fingerprint density at radius 1 is 1.47 bits per heavy atom. The second-order valence-corrected chi connectivity index (χ2v) is 5.46. The molecule has 108 valence electrons. The van der Waals surface area contributed by atoms with Gasteiger partial charge in [-0.15, -0.1) is 12.4 Å². The van der Waals surface area contributed by atoms with Crippen LogP contribution in [0.3, 0.4) is 0 Å². The van der Waals surface area contributed by atoms with Crippen LogP contribution in [0.25, 0.3) is 0 Å². The average molecular weight is 354 g/mol. The fourth-order valence-electron chi connectivity index (χ4n) is 1.70. The number of hydrogen-bond acceptors (Lipinski definition) is 2. The van der Waals surface area contributed by atoms with E-state index in [2.05, 4.69) is 21.2 Å². The zero-order valence-electron chi connectivity index (χ0n) is 11.0. The number of rotatable bonds is 5. The maximum Gasteiger partial charge on any atom is 0.221 e. The minimum Gasteiger partial charge on any atom is -0.353 e. The highest BCUT2D eigenvalue weighted by Crippen LogP contribution is 2.17. The molecule has 3 N–H and O–H groups in total. The van der Waals surface area contributed by atoms with Crippen LogP contribution in [-0.2, 0) is 11.2 Å². The van der Waals surface area contributed by atoms with Crippen molar-refractivity contribution in [2.24, 2.45) is 5.73 Å². The summed E-state index contributed by atoms with van der Waals surface area (Å²) in [6.45, 7) is 3.71. The van der Waals surface area contributed by atoms with Gasteiger partial charge in [-0.3, -0.25) is 4.79 Å². The minimum atomic E-state index is -0.285. The molecule has 1 amide bonds. The molecule has 1 aromatic rings. The Bertz CT molecular complexity index is 429. The molecule has 0 saturated carbocycles. The van der Waals surface area contributed by atoms with Crippen molar-refractivity contribution in [2.45, 2.75) is 38.8 Å². The predicted octanol–water partition coefficient (Wildman–Crippen LogP) is 2.79. The topological polar surface area (TPSA) is 55.1 Å². The number of carbonyl (C=O) groups excluding carboxylic acids is 1. The number of carbonyl (C=O) groups is 1. The molecule has 3 nitrogen and oxygen atoms in total. The molecule has 0 aliphatic rings. The normalized spacial score (nSPS) is 13.3.